The highest BCUT2D eigenvalue weighted by molar-refractivity contribution is 7.09. The smallest absolute Gasteiger partial charge is 0.120 e. The van der Waals surface area contributed by atoms with Crippen molar-refractivity contribution in [3.63, 3.8) is 0 Å². The Kier molecular flexibility index (Phi) is 3.88. The Bertz CT molecular complexity index is 738. The van der Waals surface area contributed by atoms with Gasteiger partial charge in [-0.1, -0.05) is 36.4 Å². The maximum Gasteiger partial charge on any atom is 0.120 e. The highest BCUT2D eigenvalue weighted by atomic mass is 32.1. The van der Waals surface area contributed by atoms with Crippen LogP contribution in [-0.4, -0.2) is 10.1 Å². The van der Waals surface area contributed by atoms with Crippen LogP contribution in [-0.2, 0) is 6.54 Å². The Balaban J connectivity index is 1.69. The first-order valence-electron chi connectivity index (χ1n) is 6.76. The van der Waals surface area contributed by atoms with Gasteiger partial charge in [0.2, 0.25) is 0 Å². The van der Waals surface area contributed by atoms with Gasteiger partial charge in [0.25, 0.3) is 0 Å². The van der Waals surface area contributed by atoms with E-state index in [-0.39, 0.29) is 0 Å². The van der Waals surface area contributed by atoms with Crippen LogP contribution in [0.5, 0.6) is 5.75 Å². The number of aryl methyl sites for hydroxylation is 1. The molecule has 3 nitrogen and oxygen atoms in total. The maximum absolute atomic E-state index is 9.70. The molecule has 2 N–H and O–H groups in total. The van der Waals surface area contributed by atoms with Gasteiger partial charge in [-0.05, 0) is 18.6 Å². The topological polar surface area (TPSA) is 45.2 Å². The highest BCUT2D eigenvalue weighted by Gasteiger charge is 2.04. The van der Waals surface area contributed by atoms with Crippen molar-refractivity contribution in [1.29, 1.82) is 0 Å². The first-order valence-corrected chi connectivity index (χ1v) is 7.63. The Hall–Kier alpha value is -2.33. The van der Waals surface area contributed by atoms with Gasteiger partial charge < -0.3 is 10.4 Å². The fourth-order valence-corrected chi connectivity index (χ4v) is 2.77. The van der Waals surface area contributed by atoms with E-state index in [2.05, 4.69) is 27.8 Å². The number of nitrogens with one attached hydrogen (secondary N) is 1. The maximum atomic E-state index is 9.70. The lowest BCUT2D eigenvalue weighted by Crippen LogP contribution is -1.98. The molecule has 1 aromatic heterocycles. The summed E-state index contributed by atoms with van der Waals surface area (Å²) in [5, 5.41) is 16.1. The summed E-state index contributed by atoms with van der Waals surface area (Å²) in [4.78, 5) is 4.63. The van der Waals surface area contributed by atoms with E-state index in [0.29, 0.717) is 12.3 Å². The molecule has 0 radical (unpaired) electrons. The van der Waals surface area contributed by atoms with E-state index in [1.54, 1.807) is 17.4 Å². The molecule has 4 heteroatoms. The van der Waals surface area contributed by atoms with Crippen LogP contribution >= 0.6 is 11.3 Å². The van der Waals surface area contributed by atoms with Crippen LogP contribution in [0.3, 0.4) is 0 Å². The first-order chi connectivity index (χ1) is 10.2. The third-order valence-corrected chi connectivity index (χ3v) is 4.12. The molecule has 21 heavy (non-hydrogen) atoms. The summed E-state index contributed by atoms with van der Waals surface area (Å²) in [5.74, 6) is 0.309. The van der Waals surface area contributed by atoms with E-state index in [9.17, 15) is 5.11 Å². The molecular formula is C17H16N2OS. The van der Waals surface area contributed by atoms with Crippen LogP contribution < -0.4 is 5.32 Å². The van der Waals surface area contributed by atoms with Crippen LogP contribution in [0.1, 0.15) is 10.6 Å². The quantitative estimate of drug-likeness (QED) is 0.748. The lowest BCUT2D eigenvalue weighted by molar-refractivity contribution is 0.471. The lowest BCUT2D eigenvalue weighted by Gasteiger charge is -2.06. The number of hydrogen-bond acceptors (Lipinski definition) is 4. The number of hydrogen-bond donors (Lipinski definition) is 2. The van der Waals surface area contributed by atoms with Crippen molar-refractivity contribution in [2.24, 2.45) is 0 Å². The molecule has 106 valence electrons. The molecule has 0 aliphatic rings. The van der Waals surface area contributed by atoms with E-state index in [4.69, 9.17) is 0 Å². The Labute approximate surface area is 127 Å². The number of phenols is 1. The number of rotatable bonds is 4. The molecule has 0 aliphatic heterocycles. The fraction of sp³-hybridized carbons (Fsp3) is 0.118. The largest absolute Gasteiger partial charge is 0.508 e. The van der Waals surface area contributed by atoms with E-state index in [1.807, 2.05) is 37.3 Å². The van der Waals surface area contributed by atoms with E-state index in [1.165, 1.54) is 0 Å². The second-order valence-corrected chi connectivity index (χ2v) is 5.79. The minimum atomic E-state index is 0.309. The number of thiazole rings is 1. The van der Waals surface area contributed by atoms with Crippen LogP contribution in [0.4, 0.5) is 5.69 Å². The van der Waals surface area contributed by atoms with Gasteiger partial charge >= 0.3 is 0 Å². The van der Waals surface area contributed by atoms with Crippen LogP contribution in [0.25, 0.3) is 11.3 Å². The van der Waals surface area contributed by atoms with Gasteiger partial charge in [0.1, 0.15) is 10.8 Å². The first kappa shape index (κ1) is 13.6. The molecule has 0 spiro atoms. The predicted molar refractivity (Wildman–Crippen MR) is 87.7 cm³/mol. The SMILES string of the molecule is Cc1ccc(NCc2nc(-c3ccccc3)cs2)cc1O. The van der Waals surface area contributed by atoms with E-state index < -0.39 is 0 Å². The second kappa shape index (κ2) is 5.97. The molecule has 0 saturated carbocycles. The molecule has 0 bridgehead atoms. The Morgan fingerprint density at radius 2 is 1.95 bits per heavy atom. The molecular weight excluding hydrogens is 280 g/mol. The number of nitrogens with zero attached hydrogens (tertiary/aromatic N) is 1. The van der Waals surface area contributed by atoms with Gasteiger partial charge in [-0.3, -0.25) is 0 Å². The third-order valence-electron chi connectivity index (χ3n) is 3.27. The zero-order valence-electron chi connectivity index (χ0n) is 11.7. The van der Waals surface area contributed by atoms with Crippen molar-refractivity contribution < 1.29 is 5.11 Å². The summed E-state index contributed by atoms with van der Waals surface area (Å²) in [6.07, 6.45) is 0. The van der Waals surface area contributed by atoms with Crippen molar-refractivity contribution in [2.75, 3.05) is 5.32 Å². The van der Waals surface area contributed by atoms with Crippen LogP contribution in [0.15, 0.2) is 53.9 Å². The molecule has 2 aromatic carbocycles. The summed E-state index contributed by atoms with van der Waals surface area (Å²) < 4.78 is 0. The Morgan fingerprint density at radius 1 is 1.14 bits per heavy atom. The van der Waals surface area contributed by atoms with Gasteiger partial charge in [0, 0.05) is 22.7 Å². The zero-order valence-corrected chi connectivity index (χ0v) is 12.5. The van der Waals surface area contributed by atoms with E-state index >= 15 is 0 Å². The minimum absolute atomic E-state index is 0.309. The van der Waals surface area contributed by atoms with Crippen molar-refractivity contribution in [3.05, 3.63) is 64.5 Å². The normalized spacial score (nSPS) is 10.5. The average molecular weight is 296 g/mol. The third kappa shape index (κ3) is 3.23. The summed E-state index contributed by atoms with van der Waals surface area (Å²) in [6.45, 7) is 2.53. The fourth-order valence-electron chi connectivity index (χ4n) is 2.03. The molecule has 0 fully saturated rings. The number of aromatic nitrogens is 1. The summed E-state index contributed by atoms with van der Waals surface area (Å²) >= 11 is 1.63. The number of aromatic hydroxyl groups is 1. The highest BCUT2D eigenvalue weighted by Crippen LogP contribution is 2.24. The number of phenolic OH excluding ortho intramolecular Hbond substituents is 1. The van der Waals surface area contributed by atoms with Crippen LogP contribution in [0.2, 0.25) is 0 Å². The molecule has 3 rings (SSSR count). The molecule has 0 unspecified atom stereocenters. The molecule has 0 saturated heterocycles. The second-order valence-electron chi connectivity index (χ2n) is 4.85. The van der Waals surface area contributed by atoms with Crippen molar-refractivity contribution in [2.45, 2.75) is 13.5 Å². The summed E-state index contributed by atoms with van der Waals surface area (Å²) in [6, 6.07) is 15.7. The number of benzene rings is 2. The van der Waals surface area contributed by atoms with Gasteiger partial charge in [0.15, 0.2) is 0 Å². The molecule has 0 aliphatic carbocycles. The standard InChI is InChI=1S/C17H16N2OS/c1-12-7-8-14(9-16(12)20)18-10-17-19-15(11-21-17)13-5-3-2-4-6-13/h2-9,11,18,20H,10H2,1H3. The van der Waals surface area contributed by atoms with E-state index in [0.717, 1.165) is 27.5 Å². The van der Waals surface area contributed by atoms with Crippen molar-refractivity contribution in [3.8, 4) is 17.0 Å². The Morgan fingerprint density at radius 3 is 2.71 bits per heavy atom. The average Bonchev–Trinajstić information content (AvgIpc) is 2.98. The van der Waals surface area contributed by atoms with Crippen LogP contribution in [0, 0.1) is 6.92 Å². The van der Waals surface area contributed by atoms with Gasteiger partial charge in [-0.15, -0.1) is 11.3 Å². The van der Waals surface area contributed by atoms with Gasteiger partial charge in [-0.2, -0.15) is 0 Å². The van der Waals surface area contributed by atoms with Crippen molar-refractivity contribution >= 4 is 17.0 Å². The molecule has 3 aromatic rings. The molecule has 0 amide bonds. The number of anilines is 1. The van der Waals surface area contributed by atoms with Crippen molar-refractivity contribution in [1.82, 2.24) is 4.98 Å². The minimum Gasteiger partial charge on any atom is -0.508 e. The predicted octanol–water partition coefficient (Wildman–Crippen LogP) is 4.44. The lowest BCUT2D eigenvalue weighted by atomic mass is 10.2. The molecule has 0 atom stereocenters. The summed E-state index contributed by atoms with van der Waals surface area (Å²) in [5.41, 5.74) is 3.91. The van der Waals surface area contributed by atoms with Gasteiger partial charge in [-0.25, -0.2) is 4.98 Å². The molecule has 1 heterocycles. The van der Waals surface area contributed by atoms with Gasteiger partial charge in [0.05, 0.1) is 12.2 Å². The zero-order chi connectivity index (χ0) is 14.7. The summed E-state index contributed by atoms with van der Waals surface area (Å²) in [7, 11) is 0. The monoisotopic (exact) mass is 296 g/mol.